The van der Waals surface area contributed by atoms with Crippen molar-refractivity contribution in [1.82, 2.24) is 4.98 Å². The van der Waals surface area contributed by atoms with Crippen molar-refractivity contribution in [3.63, 3.8) is 0 Å². The van der Waals surface area contributed by atoms with E-state index in [9.17, 15) is 4.79 Å². The summed E-state index contributed by atoms with van der Waals surface area (Å²) in [6.45, 7) is 0.140. The Labute approximate surface area is 108 Å². The second-order valence-electron chi connectivity index (χ2n) is 3.74. The van der Waals surface area contributed by atoms with Crippen molar-refractivity contribution in [3.8, 4) is 0 Å². The molecule has 5 N–H and O–H groups in total. The topological polar surface area (TPSA) is 84.9 Å². The average molecular weight is 272 g/mol. The highest BCUT2D eigenvalue weighted by molar-refractivity contribution is 6.38. The Hall–Kier alpha value is -1.23. The predicted molar refractivity (Wildman–Crippen MR) is 69.3 cm³/mol. The average Bonchev–Trinajstić information content (AvgIpc) is 2.62. The van der Waals surface area contributed by atoms with Crippen LogP contribution in [-0.4, -0.2) is 17.4 Å². The van der Waals surface area contributed by atoms with Crippen LogP contribution in [0.5, 0.6) is 0 Å². The molecule has 1 amide bonds. The summed E-state index contributed by atoms with van der Waals surface area (Å²) in [6, 6.07) is 3.36. The fourth-order valence-corrected chi connectivity index (χ4v) is 2.48. The van der Waals surface area contributed by atoms with E-state index >= 15 is 0 Å². The number of carbonyl (C=O) groups excluding carboxylic acids is 1. The Balaban J connectivity index is 2.67. The maximum Gasteiger partial charge on any atom is 0.226 e. The van der Waals surface area contributed by atoms with Crippen molar-refractivity contribution in [2.45, 2.75) is 5.92 Å². The summed E-state index contributed by atoms with van der Waals surface area (Å²) in [5, 5.41) is 1.74. The lowest BCUT2D eigenvalue weighted by atomic mass is 9.98. The molecule has 0 radical (unpaired) electrons. The first kappa shape index (κ1) is 12.2. The molecule has 2 aromatic rings. The zero-order valence-corrected chi connectivity index (χ0v) is 10.3. The first-order valence-electron chi connectivity index (χ1n) is 5.00. The van der Waals surface area contributed by atoms with Crippen LogP contribution in [0, 0.1) is 0 Å². The molecule has 0 saturated carbocycles. The number of fused-ring (bicyclic) bond motifs is 1. The van der Waals surface area contributed by atoms with E-state index < -0.39 is 11.8 Å². The minimum Gasteiger partial charge on any atom is -0.369 e. The van der Waals surface area contributed by atoms with Gasteiger partial charge in [0, 0.05) is 28.7 Å². The smallest absolute Gasteiger partial charge is 0.226 e. The number of carbonyl (C=O) groups is 1. The van der Waals surface area contributed by atoms with Gasteiger partial charge in [0.1, 0.15) is 0 Å². The fraction of sp³-hybridized carbons (Fsp3) is 0.182. The van der Waals surface area contributed by atoms with Gasteiger partial charge in [-0.25, -0.2) is 0 Å². The van der Waals surface area contributed by atoms with Crippen molar-refractivity contribution in [2.75, 3.05) is 6.54 Å². The normalized spacial score (nSPS) is 12.9. The van der Waals surface area contributed by atoms with E-state index in [0.29, 0.717) is 15.6 Å². The van der Waals surface area contributed by atoms with E-state index in [4.69, 9.17) is 34.7 Å². The molecule has 2 rings (SSSR count). The Morgan fingerprint density at radius 2 is 2.12 bits per heavy atom. The number of halogens is 2. The third-order valence-corrected chi connectivity index (χ3v) is 3.20. The van der Waals surface area contributed by atoms with Crippen LogP contribution in [0.3, 0.4) is 0 Å². The zero-order chi connectivity index (χ0) is 12.6. The molecule has 0 aliphatic heterocycles. The zero-order valence-electron chi connectivity index (χ0n) is 8.84. The highest BCUT2D eigenvalue weighted by Gasteiger charge is 2.21. The number of rotatable bonds is 3. The van der Waals surface area contributed by atoms with Crippen molar-refractivity contribution in [1.29, 1.82) is 0 Å². The third kappa shape index (κ3) is 2.11. The first-order chi connectivity index (χ1) is 8.04. The van der Waals surface area contributed by atoms with Crippen molar-refractivity contribution < 1.29 is 4.79 Å². The van der Waals surface area contributed by atoms with Crippen molar-refractivity contribution in [3.05, 3.63) is 33.9 Å². The summed E-state index contributed by atoms with van der Waals surface area (Å²) in [4.78, 5) is 14.3. The van der Waals surface area contributed by atoms with Gasteiger partial charge in [-0.05, 0) is 17.7 Å². The number of hydrogen-bond acceptors (Lipinski definition) is 2. The molecule has 1 aromatic heterocycles. The van der Waals surface area contributed by atoms with Gasteiger partial charge in [0.15, 0.2) is 0 Å². The number of aromatic nitrogens is 1. The van der Waals surface area contributed by atoms with Crippen molar-refractivity contribution >= 4 is 40.0 Å². The lowest BCUT2D eigenvalue weighted by Gasteiger charge is -2.10. The lowest BCUT2D eigenvalue weighted by Crippen LogP contribution is -2.27. The standard InChI is InChI=1S/C11H11Cl2N3O/c12-5-1-8(13)10-7(4-16-9(10)2-5)6(3-14)11(15)17/h1-2,4,6,16H,3,14H2,(H2,15,17). The molecule has 0 spiro atoms. The van der Waals surface area contributed by atoms with Gasteiger partial charge in [-0.15, -0.1) is 0 Å². The Kier molecular flexibility index (Phi) is 3.28. The van der Waals surface area contributed by atoms with E-state index in [0.717, 1.165) is 10.9 Å². The second-order valence-corrected chi connectivity index (χ2v) is 4.59. The minimum atomic E-state index is -0.553. The van der Waals surface area contributed by atoms with Gasteiger partial charge in [-0.3, -0.25) is 4.79 Å². The van der Waals surface area contributed by atoms with Gasteiger partial charge in [-0.2, -0.15) is 0 Å². The molecule has 0 bridgehead atoms. The fourth-order valence-electron chi connectivity index (χ4n) is 1.88. The molecule has 4 nitrogen and oxygen atoms in total. The van der Waals surface area contributed by atoms with Crippen LogP contribution in [0.4, 0.5) is 0 Å². The summed E-state index contributed by atoms with van der Waals surface area (Å²) in [6.07, 6.45) is 1.69. The van der Waals surface area contributed by atoms with Crippen LogP contribution in [-0.2, 0) is 4.79 Å². The number of aromatic amines is 1. The molecule has 0 saturated heterocycles. The molecule has 1 aromatic carbocycles. The maximum atomic E-state index is 11.3. The molecule has 6 heteroatoms. The number of benzene rings is 1. The number of amides is 1. The second kappa shape index (κ2) is 4.56. The van der Waals surface area contributed by atoms with Crippen LogP contribution in [0.15, 0.2) is 18.3 Å². The van der Waals surface area contributed by atoms with E-state index in [1.165, 1.54) is 0 Å². The quantitative estimate of drug-likeness (QED) is 0.798. The monoisotopic (exact) mass is 271 g/mol. The van der Waals surface area contributed by atoms with E-state index in [1.807, 2.05) is 0 Å². The van der Waals surface area contributed by atoms with Crippen LogP contribution in [0.25, 0.3) is 10.9 Å². The molecule has 17 heavy (non-hydrogen) atoms. The number of primary amides is 1. The largest absolute Gasteiger partial charge is 0.369 e. The SMILES string of the molecule is NCC(C(N)=O)c1c[nH]c2cc(Cl)cc(Cl)c12. The van der Waals surface area contributed by atoms with Gasteiger partial charge >= 0.3 is 0 Å². The van der Waals surface area contributed by atoms with Crippen LogP contribution < -0.4 is 11.5 Å². The molecule has 0 aliphatic carbocycles. The minimum absolute atomic E-state index is 0.140. The summed E-state index contributed by atoms with van der Waals surface area (Å²) in [5.74, 6) is -1.03. The van der Waals surface area contributed by atoms with Gasteiger partial charge in [-0.1, -0.05) is 23.2 Å². The molecule has 1 unspecified atom stereocenters. The molecule has 90 valence electrons. The predicted octanol–water partition coefficient (Wildman–Crippen LogP) is 2.00. The third-order valence-electron chi connectivity index (χ3n) is 2.68. The number of nitrogens with two attached hydrogens (primary N) is 2. The molecular weight excluding hydrogens is 261 g/mol. The number of hydrogen-bond donors (Lipinski definition) is 3. The summed E-state index contributed by atoms with van der Waals surface area (Å²) in [7, 11) is 0. The van der Waals surface area contributed by atoms with Gasteiger partial charge in [0.05, 0.1) is 10.9 Å². The van der Waals surface area contributed by atoms with E-state index in [-0.39, 0.29) is 6.54 Å². The molecular formula is C11H11Cl2N3O. The summed E-state index contributed by atoms with van der Waals surface area (Å²) >= 11 is 12.0. The summed E-state index contributed by atoms with van der Waals surface area (Å²) < 4.78 is 0. The highest BCUT2D eigenvalue weighted by Crippen LogP contribution is 2.33. The van der Waals surface area contributed by atoms with Crippen LogP contribution in [0.1, 0.15) is 11.5 Å². The Morgan fingerprint density at radius 3 is 2.71 bits per heavy atom. The van der Waals surface area contributed by atoms with E-state index in [1.54, 1.807) is 18.3 Å². The van der Waals surface area contributed by atoms with Gasteiger partial charge < -0.3 is 16.5 Å². The van der Waals surface area contributed by atoms with Gasteiger partial charge in [0.2, 0.25) is 5.91 Å². The number of nitrogens with one attached hydrogen (secondary N) is 1. The highest BCUT2D eigenvalue weighted by atomic mass is 35.5. The number of H-pyrrole nitrogens is 1. The Bertz CT molecular complexity index is 579. The van der Waals surface area contributed by atoms with Gasteiger partial charge in [0.25, 0.3) is 0 Å². The molecule has 1 atom stereocenters. The van der Waals surface area contributed by atoms with Crippen LogP contribution in [0.2, 0.25) is 10.0 Å². The molecule has 1 heterocycles. The van der Waals surface area contributed by atoms with Crippen molar-refractivity contribution in [2.24, 2.45) is 11.5 Å². The molecule has 0 fully saturated rings. The maximum absolute atomic E-state index is 11.3. The van der Waals surface area contributed by atoms with Crippen LogP contribution >= 0.6 is 23.2 Å². The summed E-state index contributed by atoms with van der Waals surface area (Å²) in [5.41, 5.74) is 12.3. The Morgan fingerprint density at radius 1 is 1.41 bits per heavy atom. The lowest BCUT2D eigenvalue weighted by molar-refractivity contribution is -0.119. The molecule has 0 aliphatic rings. The van der Waals surface area contributed by atoms with E-state index in [2.05, 4.69) is 4.98 Å². The first-order valence-corrected chi connectivity index (χ1v) is 5.75.